The first kappa shape index (κ1) is 14.3. The van der Waals surface area contributed by atoms with Gasteiger partial charge in [0.1, 0.15) is 0 Å². The molecule has 0 aromatic rings. The number of carbonyl (C=O) groups is 1. The maximum absolute atomic E-state index is 11.1. The molecule has 0 aromatic heterocycles. The summed E-state index contributed by atoms with van der Waals surface area (Å²) in [7, 11) is 0. The fourth-order valence-corrected chi connectivity index (χ4v) is 1.27. The number of ether oxygens (including phenoxy) is 1. The smallest absolute Gasteiger partial charge is 0.428 e. The van der Waals surface area contributed by atoms with Crippen molar-refractivity contribution in [3.8, 4) is 0 Å². The molecule has 0 unspecified atom stereocenters. The van der Waals surface area contributed by atoms with E-state index in [1.165, 1.54) is 12.8 Å². The summed E-state index contributed by atoms with van der Waals surface area (Å²) >= 11 is 0. The van der Waals surface area contributed by atoms with Gasteiger partial charge in [0.2, 0.25) is 0 Å². The molecule has 3 heteroatoms. The molecule has 0 saturated carbocycles. The van der Waals surface area contributed by atoms with Crippen molar-refractivity contribution >= 4 is 6.09 Å². The van der Waals surface area contributed by atoms with Gasteiger partial charge in [0, 0.05) is 6.54 Å². The minimum atomic E-state index is -0.386. The van der Waals surface area contributed by atoms with Crippen LogP contribution in [-0.2, 0) is 4.74 Å². The second kappa shape index (κ2) is 11.3. The van der Waals surface area contributed by atoms with Gasteiger partial charge in [0.15, 0.2) is 0 Å². The van der Waals surface area contributed by atoms with E-state index in [1.54, 1.807) is 0 Å². The summed E-state index contributed by atoms with van der Waals surface area (Å²) in [4.78, 5) is 11.1. The molecule has 1 amide bonds. The van der Waals surface area contributed by atoms with Gasteiger partial charge in [0.25, 0.3) is 0 Å². The third-order valence-electron chi connectivity index (χ3n) is 2.23. The Hall–Kier alpha value is -0.730. The topological polar surface area (TPSA) is 40.4 Å². The van der Waals surface area contributed by atoms with E-state index in [1.807, 2.05) is 0 Å². The zero-order valence-corrected chi connectivity index (χ0v) is 10.1. The first-order valence-electron chi connectivity index (χ1n) is 6.15. The highest BCUT2D eigenvalue weighted by Gasteiger charge is 2.01. The molecule has 0 aliphatic carbocycles. The molecule has 0 heterocycles. The second-order valence-electron chi connectivity index (χ2n) is 3.76. The zero-order valence-electron chi connectivity index (χ0n) is 10.1. The van der Waals surface area contributed by atoms with Crippen molar-refractivity contribution < 1.29 is 9.53 Å². The van der Waals surface area contributed by atoms with Crippen LogP contribution in [0.3, 0.4) is 0 Å². The monoisotopic (exact) mass is 214 g/mol. The summed E-state index contributed by atoms with van der Waals surface area (Å²) in [5.74, 6) is 0. The van der Waals surface area contributed by atoms with Crippen LogP contribution in [0.5, 0.6) is 0 Å². The van der Waals surface area contributed by atoms with E-state index in [0.717, 1.165) is 32.1 Å². The van der Waals surface area contributed by atoms with Crippen LogP contribution >= 0.6 is 0 Å². The predicted molar refractivity (Wildman–Crippen MR) is 62.0 cm³/mol. The van der Waals surface area contributed by atoms with Crippen LogP contribution in [-0.4, -0.2) is 19.2 Å². The molecule has 3 nitrogen and oxygen atoms in total. The molecular weight excluding hydrogens is 190 g/mol. The average Bonchev–Trinajstić information content (AvgIpc) is 2.24. The van der Waals surface area contributed by atoms with Crippen LogP contribution in [0.1, 0.15) is 58.8 Å². The van der Waals surface area contributed by atoms with Gasteiger partial charge < -0.3 is 4.74 Å². The van der Waals surface area contributed by atoms with E-state index < -0.39 is 0 Å². The lowest BCUT2D eigenvalue weighted by molar-refractivity contribution is 0.143. The molecule has 0 spiro atoms. The second-order valence-corrected chi connectivity index (χ2v) is 3.76. The molecule has 0 bridgehead atoms. The Morgan fingerprint density at radius 2 is 1.67 bits per heavy atom. The van der Waals surface area contributed by atoms with Crippen molar-refractivity contribution in [3.63, 3.8) is 0 Å². The molecule has 0 aliphatic heterocycles. The van der Waals surface area contributed by atoms with Crippen molar-refractivity contribution in [1.29, 1.82) is 0 Å². The lowest BCUT2D eigenvalue weighted by Gasteiger charge is -2.03. The van der Waals surface area contributed by atoms with Crippen LogP contribution in [0.4, 0.5) is 4.79 Å². The number of rotatable bonds is 9. The summed E-state index contributed by atoms with van der Waals surface area (Å²) in [6.07, 6.45) is 7.41. The van der Waals surface area contributed by atoms with Gasteiger partial charge in [-0.3, -0.25) is 0 Å². The molecule has 0 N–H and O–H groups in total. The van der Waals surface area contributed by atoms with Crippen molar-refractivity contribution in [3.05, 3.63) is 0 Å². The number of amides is 1. The van der Waals surface area contributed by atoms with Gasteiger partial charge in [-0.15, -0.1) is 0 Å². The molecular formula is C12H24NO2. The van der Waals surface area contributed by atoms with E-state index >= 15 is 0 Å². The summed E-state index contributed by atoms with van der Waals surface area (Å²) in [5.41, 5.74) is 0. The van der Waals surface area contributed by atoms with Crippen molar-refractivity contribution in [2.45, 2.75) is 58.8 Å². The molecule has 15 heavy (non-hydrogen) atoms. The lowest BCUT2D eigenvalue weighted by atomic mass is 10.2. The van der Waals surface area contributed by atoms with Gasteiger partial charge in [-0.05, 0) is 12.8 Å². The van der Waals surface area contributed by atoms with Gasteiger partial charge in [-0.1, -0.05) is 46.0 Å². The highest BCUT2D eigenvalue weighted by molar-refractivity contribution is 5.66. The van der Waals surface area contributed by atoms with Crippen LogP contribution in [0.25, 0.3) is 0 Å². The van der Waals surface area contributed by atoms with Gasteiger partial charge in [-0.25, -0.2) is 10.1 Å². The first-order chi connectivity index (χ1) is 7.31. The number of hydrogen-bond donors (Lipinski definition) is 0. The van der Waals surface area contributed by atoms with Gasteiger partial charge >= 0.3 is 6.09 Å². The first-order valence-corrected chi connectivity index (χ1v) is 6.15. The Morgan fingerprint density at radius 3 is 2.33 bits per heavy atom. The highest BCUT2D eigenvalue weighted by Crippen LogP contribution is 1.98. The Labute approximate surface area is 93.6 Å². The fraction of sp³-hybridized carbons (Fsp3) is 0.917. The van der Waals surface area contributed by atoms with Crippen molar-refractivity contribution in [2.75, 3.05) is 13.2 Å². The fourth-order valence-electron chi connectivity index (χ4n) is 1.27. The van der Waals surface area contributed by atoms with E-state index in [4.69, 9.17) is 4.74 Å². The van der Waals surface area contributed by atoms with E-state index in [9.17, 15) is 4.79 Å². The molecule has 89 valence electrons. The summed E-state index contributed by atoms with van der Waals surface area (Å²) in [5, 5.41) is 3.83. The molecule has 1 radical (unpaired) electrons. The summed E-state index contributed by atoms with van der Waals surface area (Å²) in [6.45, 7) is 5.43. The molecule has 0 aliphatic rings. The van der Waals surface area contributed by atoms with Crippen molar-refractivity contribution in [2.24, 2.45) is 0 Å². The van der Waals surface area contributed by atoms with E-state index in [2.05, 4.69) is 19.2 Å². The Kier molecular flexibility index (Phi) is 10.8. The Balaban J connectivity index is 3.11. The van der Waals surface area contributed by atoms with Crippen LogP contribution in [0.15, 0.2) is 0 Å². The summed E-state index contributed by atoms with van der Waals surface area (Å²) in [6, 6.07) is 0. The van der Waals surface area contributed by atoms with Gasteiger partial charge in [-0.2, -0.15) is 0 Å². The van der Waals surface area contributed by atoms with E-state index in [-0.39, 0.29) is 6.09 Å². The zero-order chi connectivity index (χ0) is 11.4. The number of carbonyl (C=O) groups excluding carboxylic acids is 1. The standard InChI is InChI=1S/C12H24NO2/c1-3-5-7-8-10-13-12(14)15-11-9-6-4-2/h3-11H2,1-2H3. The third kappa shape index (κ3) is 11.2. The number of unbranched alkanes of at least 4 members (excludes halogenated alkanes) is 5. The molecule has 0 aromatic carbocycles. The largest absolute Gasteiger partial charge is 0.448 e. The predicted octanol–water partition coefficient (Wildman–Crippen LogP) is 3.50. The molecule has 0 rings (SSSR count). The number of nitrogens with zero attached hydrogens (tertiary/aromatic N) is 1. The minimum absolute atomic E-state index is 0.386. The van der Waals surface area contributed by atoms with Crippen LogP contribution in [0, 0.1) is 0 Å². The molecule has 0 saturated heterocycles. The lowest BCUT2D eigenvalue weighted by Crippen LogP contribution is -2.18. The van der Waals surface area contributed by atoms with Crippen LogP contribution < -0.4 is 5.32 Å². The maximum atomic E-state index is 11.1. The Morgan fingerprint density at radius 1 is 1.00 bits per heavy atom. The highest BCUT2D eigenvalue weighted by atomic mass is 16.5. The normalized spacial score (nSPS) is 10.0. The van der Waals surface area contributed by atoms with Crippen LogP contribution in [0.2, 0.25) is 0 Å². The molecule has 0 atom stereocenters. The summed E-state index contributed by atoms with van der Waals surface area (Å²) < 4.78 is 4.95. The molecule has 0 fully saturated rings. The van der Waals surface area contributed by atoms with E-state index in [0.29, 0.717) is 13.2 Å². The van der Waals surface area contributed by atoms with Gasteiger partial charge in [0.05, 0.1) is 6.61 Å². The third-order valence-corrected chi connectivity index (χ3v) is 2.23. The average molecular weight is 214 g/mol. The SMILES string of the molecule is CCCCCC[N]C(=O)OCCCCC. The minimum Gasteiger partial charge on any atom is -0.448 e. The maximum Gasteiger partial charge on any atom is 0.428 e. The number of hydrogen-bond acceptors (Lipinski definition) is 2. The quantitative estimate of drug-likeness (QED) is 0.551. The Bertz CT molecular complexity index is 149. The van der Waals surface area contributed by atoms with Crippen molar-refractivity contribution in [1.82, 2.24) is 5.32 Å².